The Morgan fingerprint density at radius 1 is 0.852 bits per heavy atom. The third-order valence-electron chi connectivity index (χ3n) is 4.24. The first-order valence-electron chi connectivity index (χ1n) is 8.47. The molecule has 0 saturated carbocycles. The third-order valence-corrected chi connectivity index (χ3v) is 5.21. The molecule has 1 heterocycles. The first-order valence-corrected chi connectivity index (χ1v) is 9.46. The molecule has 0 aliphatic heterocycles. The van der Waals surface area contributed by atoms with Gasteiger partial charge in [0.2, 0.25) is 5.75 Å². The summed E-state index contributed by atoms with van der Waals surface area (Å²) in [6.45, 7) is 2.12. The van der Waals surface area contributed by atoms with E-state index >= 15 is 0 Å². The van der Waals surface area contributed by atoms with Gasteiger partial charge in [-0.3, -0.25) is 0 Å². The summed E-state index contributed by atoms with van der Waals surface area (Å²) in [5, 5.41) is 9.60. The molecule has 0 amide bonds. The maximum atomic E-state index is 5.41. The van der Waals surface area contributed by atoms with Gasteiger partial charge in [-0.05, 0) is 42.3 Å². The Morgan fingerprint density at radius 2 is 1.56 bits per heavy atom. The molecule has 5 nitrogen and oxygen atoms in total. The summed E-state index contributed by atoms with van der Waals surface area (Å²) < 4.78 is 16.2. The van der Waals surface area contributed by atoms with Crippen LogP contribution in [0, 0.1) is 6.92 Å². The first kappa shape index (κ1) is 19.0. The molecule has 0 N–H and O–H groups in total. The summed E-state index contributed by atoms with van der Waals surface area (Å²) in [6.07, 6.45) is 0. The van der Waals surface area contributed by atoms with Gasteiger partial charge in [-0.2, -0.15) is 0 Å². The minimum atomic E-state index is 0.558. The van der Waals surface area contributed by atoms with E-state index in [1.807, 2.05) is 24.3 Å². The molecule has 3 rings (SSSR count). The van der Waals surface area contributed by atoms with Gasteiger partial charge in [-0.1, -0.05) is 36.0 Å². The van der Waals surface area contributed by atoms with Crippen molar-refractivity contribution in [1.29, 1.82) is 0 Å². The molecule has 1 aromatic heterocycles. The normalized spacial score (nSPS) is 10.5. The van der Waals surface area contributed by atoms with Crippen LogP contribution in [0.1, 0.15) is 11.1 Å². The van der Waals surface area contributed by atoms with Crippen molar-refractivity contribution in [1.82, 2.24) is 10.2 Å². The molecule has 0 aliphatic carbocycles. The summed E-state index contributed by atoms with van der Waals surface area (Å²) in [5.41, 5.74) is 4.19. The average molecular weight is 382 g/mol. The molecule has 0 bridgehead atoms. The van der Waals surface area contributed by atoms with Crippen LogP contribution in [0.5, 0.6) is 17.2 Å². The van der Waals surface area contributed by atoms with Gasteiger partial charge in [0.15, 0.2) is 11.5 Å². The number of rotatable bonds is 7. The minimum absolute atomic E-state index is 0.558. The fourth-order valence-corrected chi connectivity index (χ4v) is 3.59. The number of methoxy groups -OCH3 is 3. The van der Waals surface area contributed by atoms with Crippen molar-refractivity contribution in [3.8, 4) is 28.5 Å². The summed E-state index contributed by atoms with van der Waals surface area (Å²) in [7, 11) is 4.77. The molecular weight excluding hydrogens is 360 g/mol. The highest BCUT2D eigenvalue weighted by molar-refractivity contribution is 7.98. The van der Waals surface area contributed by atoms with E-state index in [2.05, 4.69) is 41.4 Å². The lowest BCUT2D eigenvalue weighted by molar-refractivity contribution is 0.324. The second-order valence-corrected chi connectivity index (χ2v) is 6.88. The minimum Gasteiger partial charge on any atom is -0.493 e. The van der Waals surface area contributed by atoms with Crippen molar-refractivity contribution in [3.63, 3.8) is 0 Å². The smallest absolute Gasteiger partial charge is 0.203 e. The highest BCUT2D eigenvalue weighted by atomic mass is 32.2. The average Bonchev–Trinajstić information content (AvgIpc) is 2.72. The molecule has 140 valence electrons. The Balaban J connectivity index is 1.80. The third kappa shape index (κ3) is 4.34. The number of benzene rings is 2. The van der Waals surface area contributed by atoms with Gasteiger partial charge >= 0.3 is 0 Å². The zero-order chi connectivity index (χ0) is 19.2. The zero-order valence-electron chi connectivity index (χ0n) is 15.9. The Labute approximate surface area is 163 Å². The quantitative estimate of drug-likeness (QED) is 0.549. The lowest BCUT2D eigenvalue weighted by Crippen LogP contribution is -1.97. The van der Waals surface area contributed by atoms with E-state index in [0.717, 1.165) is 22.0 Å². The number of aromatic nitrogens is 2. The number of nitrogens with zero attached hydrogens (tertiary/aromatic N) is 2. The van der Waals surface area contributed by atoms with E-state index in [1.54, 1.807) is 33.1 Å². The van der Waals surface area contributed by atoms with Crippen molar-refractivity contribution >= 4 is 11.8 Å². The number of thioether (sulfide) groups is 1. The highest BCUT2D eigenvalue weighted by Gasteiger charge is 2.15. The molecular formula is C21H22N2O3S. The highest BCUT2D eigenvalue weighted by Crippen LogP contribution is 2.40. The van der Waals surface area contributed by atoms with E-state index in [1.165, 1.54) is 11.1 Å². The van der Waals surface area contributed by atoms with Crippen molar-refractivity contribution in [2.24, 2.45) is 0 Å². The van der Waals surface area contributed by atoms with Gasteiger partial charge in [-0.25, -0.2) is 0 Å². The summed E-state index contributed by atoms with van der Waals surface area (Å²) >= 11 is 1.67. The van der Waals surface area contributed by atoms with Crippen LogP contribution in [0.2, 0.25) is 0 Å². The molecule has 0 atom stereocenters. The van der Waals surface area contributed by atoms with Crippen molar-refractivity contribution in [3.05, 3.63) is 59.7 Å². The van der Waals surface area contributed by atoms with E-state index < -0.39 is 0 Å². The Hall–Kier alpha value is -2.73. The number of aryl methyl sites for hydroxylation is 1. The second kappa shape index (κ2) is 8.77. The SMILES string of the molecule is COc1cc(-c2ccc(SCc3ccccc3C)nn2)cc(OC)c1OC. The van der Waals surface area contributed by atoms with Gasteiger partial charge in [-0.15, -0.1) is 10.2 Å². The van der Waals surface area contributed by atoms with Crippen LogP contribution in [-0.4, -0.2) is 31.5 Å². The van der Waals surface area contributed by atoms with Crippen molar-refractivity contribution in [2.45, 2.75) is 17.7 Å². The molecule has 0 unspecified atom stereocenters. The molecule has 6 heteroatoms. The summed E-state index contributed by atoms with van der Waals surface area (Å²) in [4.78, 5) is 0. The summed E-state index contributed by atoms with van der Waals surface area (Å²) in [6, 6.07) is 16.0. The standard InChI is InChI=1S/C21H22N2O3S/c1-14-7-5-6-8-15(14)13-27-20-10-9-17(22-23-20)16-11-18(24-2)21(26-4)19(12-16)25-3/h5-12H,13H2,1-4H3. The van der Waals surface area contributed by atoms with Crippen LogP contribution in [0.25, 0.3) is 11.3 Å². The van der Waals surface area contributed by atoms with Crippen LogP contribution in [0.4, 0.5) is 0 Å². The van der Waals surface area contributed by atoms with Crippen molar-refractivity contribution < 1.29 is 14.2 Å². The molecule has 27 heavy (non-hydrogen) atoms. The van der Waals surface area contributed by atoms with Crippen molar-refractivity contribution in [2.75, 3.05) is 21.3 Å². The Morgan fingerprint density at radius 3 is 2.11 bits per heavy atom. The lowest BCUT2D eigenvalue weighted by atomic mass is 10.1. The predicted molar refractivity (Wildman–Crippen MR) is 108 cm³/mol. The number of hydrogen-bond acceptors (Lipinski definition) is 6. The molecule has 0 saturated heterocycles. The largest absolute Gasteiger partial charge is 0.493 e. The van der Waals surface area contributed by atoms with Crippen LogP contribution in [-0.2, 0) is 5.75 Å². The number of ether oxygens (including phenoxy) is 3. The summed E-state index contributed by atoms with van der Waals surface area (Å²) in [5.74, 6) is 2.60. The van der Waals surface area contributed by atoms with Gasteiger partial charge in [0.05, 0.1) is 27.0 Å². The van der Waals surface area contributed by atoms with E-state index in [0.29, 0.717) is 17.2 Å². The number of hydrogen-bond donors (Lipinski definition) is 0. The maximum Gasteiger partial charge on any atom is 0.203 e. The molecule has 0 radical (unpaired) electrons. The van der Waals surface area contributed by atoms with Crippen LogP contribution in [0.3, 0.4) is 0 Å². The lowest BCUT2D eigenvalue weighted by Gasteiger charge is -2.13. The van der Waals surface area contributed by atoms with E-state index in [-0.39, 0.29) is 0 Å². The van der Waals surface area contributed by atoms with E-state index in [4.69, 9.17) is 14.2 Å². The Bertz CT molecular complexity index is 889. The van der Waals surface area contributed by atoms with Gasteiger partial charge in [0.1, 0.15) is 5.03 Å². The topological polar surface area (TPSA) is 53.5 Å². The van der Waals surface area contributed by atoms with E-state index in [9.17, 15) is 0 Å². The van der Waals surface area contributed by atoms with Gasteiger partial charge in [0, 0.05) is 11.3 Å². The molecule has 0 fully saturated rings. The van der Waals surface area contributed by atoms with Crippen LogP contribution in [0.15, 0.2) is 53.6 Å². The fourth-order valence-electron chi connectivity index (χ4n) is 2.70. The Kier molecular flexibility index (Phi) is 6.19. The molecule has 2 aromatic carbocycles. The molecule has 0 aliphatic rings. The second-order valence-electron chi connectivity index (χ2n) is 5.89. The molecule has 3 aromatic rings. The predicted octanol–water partition coefficient (Wildman–Crippen LogP) is 4.77. The maximum absolute atomic E-state index is 5.41. The van der Waals surface area contributed by atoms with Gasteiger partial charge < -0.3 is 14.2 Å². The molecule has 0 spiro atoms. The van der Waals surface area contributed by atoms with Crippen LogP contribution < -0.4 is 14.2 Å². The van der Waals surface area contributed by atoms with Crippen LogP contribution >= 0.6 is 11.8 Å². The monoisotopic (exact) mass is 382 g/mol. The van der Waals surface area contributed by atoms with Gasteiger partial charge in [0.25, 0.3) is 0 Å². The fraction of sp³-hybridized carbons (Fsp3) is 0.238. The zero-order valence-corrected chi connectivity index (χ0v) is 16.7. The first-order chi connectivity index (χ1) is 13.2.